The zero-order chi connectivity index (χ0) is 39.4. The van der Waals surface area contributed by atoms with Crippen molar-refractivity contribution >= 4 is 17.9 Å². The third-order valence-electron chi connectivity index (χ3n) is 8.32. The van der Waals surface area contributed by atoms with E-state index in [1.54, 1.807) is 0 Å². The van der Waals surface area contributed by atoms with Crippen molar-refractivity contribution in [1.82, 2.24) is 0 Å². The molecule has 304 valence electrons. The van der Waals surface area contributed by atoms with E-state index in [1.807, 2.05) is 6.08 Å². The van der Waals surface area contributed by atoms with Crippen molar-refractivity contribution in [3.05, 3.63) is 97.2 Å². The predicted molar refractivity (Wildman–Crippen MR) is 228 cm³/mol. The molecule has 0 amide bonds. The highest BCUT2D eigenvalue weighted by atomic mass is 16.6. The number of unbranched alkanes of at least 4 members (excludes halogenated alkanes) is 9. The van der Waals surface area contributed by atoms with Crippen molar-refractivity contribution in [2.24, 2.45) is 0 Å². The van der Waals surface area contributed by atoms with E-state index in [9.17, 15) is 14.4 Å². The molecular formula is C48H76O6. The molecule has 54 heavy (non-hydrogen) atoms. The summed E-state index contributed by atoms with van der Waals surface area (Å²) in [6.07, 6.45) is 54.2. The van der Waals surface area contributed by atoms with Gasteiger partial charge in [-0.3, -0.25) is 14.4 Å². The SMILES string of the molecule is CC/C=C\C/C=C\C/C=C\CCCCC(=O)OC(COC(=O)CC/C=C\C/C=C\CCCCCCCC)COC(=O)CCC/C=C\C/C=C\C/C=C\CC. The van der Waals surface area contributed by atoms with Gasteiger partial charge in [-0.25, -0.2) is 0 Å². The van der Waals surface area contributed by atoms with Gasteiger partial charge < -0.3 is 14.2 Å². The van der Waals surface area contributed by atoms with Crippen LogP contribution in [0.4, 0.5) is 0 Å². The molecule has 0 saturated heterocycles. The lowest BCUT2D eigenvalue weighted by molar-refractivity contribution is -0.166. The van der Waals surface area contributed by atoms with E-state index in [1.165, 1.54) is 38.5 Å². The van der Waals surface area contributed by atoms with Gasteiger partial charge in [-0.1, -0.05) is 150 Å². The first-order valence-electron chi connectivity index (χ1n) is 21.2. The van der Waals surface area contributed by atoms with Gasteiger partial charge in [-0.05, 0) is 96.3 Å². The van der Waals surface area contributed by atoms with Crippen molar-refractivity contribution in [3.8, 4) is 0 Å². The van der Waals surface area contributed by atoms with Crippen molar-refractivity contribution in [3.63, 3.8) is 0 Å². The van der Waals surface area contributed by atoms with E-state index >= 15 is 0 Å². The van der Waals surface area contributed by atoms with Gasteiger partial charge in [0.25, 0.3) is 0 Å². The Morgan fingerprint density at radius 2 is 0.778 bits per heavy atom. The third-order valence-corrected chi connectivity index (χ3v) is 8.32. The maximum absolute atomic E-state index is 12.7. The van der Waals surface area contributed by atoms with Gasteiger partial charge in [0.15, 0.2) is 6.10 Å². The molecule has 0 rings (SSSR count). The van der Waals surface area contributed by atoms with Crippen LogP contribution in [-0.2, 0) is 28.6 Å². The number of carbonyl (C=O) groups is 3. The molecule has 1 unspecified atom stereocenters. The summed E-state index contributed by atoms with van der Waals surface area (Å²) < 4.78 is 16.5. The van der Waals surface area contributed by atoms with Gasteiger partial charge in [-0.15, -0.1) is 0 Å². The fraction of sp³-hybridized carbons (Fsp3) is 0.604. The van der Waals surface area contributed by atoms with Crippen molar-refractivity contribution < 1.29 is 28.6 Å². The average Bonchev–Trinajstić information content (AvgIpc) is 3.17. The Kier molecular flexibility index (Phi) is 39.2. The van der Waals surface area contributed by atoms with Gasteiger partial charge >= 0.3 is 17.9 Å². The first-order chi connectivity index (χ1) is 26.5. The van der Waals surface area contributed by atoms with Gasteiger partial charge in [0.1, 0.15) is 13.2 Å². The molecule has 0 heterocycles. The smallest absolute Gasteiger partial charge is 0.306 e. The first kappa shape index (κ1) is 50.3. The Bertz CT molecular complexity index is 1140. The van der Waals surface area contributed by atoms with Crippen LogP contribution in [-0.4, -0.2) is 37.2 Å². The third kappa shape index (κ3) is 39.5. The summed E-state index contributed by atoms with van der Waals surface area (Å²) in [7, 11) is 0. The van der Waals surface area contributed by atoms with Crippen molar-refractivity contribution in [1.29, 1.82) is 0 Å². The van der Waals surface area contributed by atoms with Crippen LogP contribution in [0.1, 0.15) is 168 Å². The van der Waals surface area contributed by atoms with E-state index in [2.05, 4.69) is 112 Å². The molecule has 0 fully saturated rings. The van der Waals surface area contributed by atoms with Crippen molar-refractivity contribution in [2.45, 2.75) is 175 Å². The van der Waals surface area contributed by atoms with Crippen LogP contribution in [0, 0.1) is 0 Å². The normalized spacial score (nSPS) is 13.0. The quantitative estimate of drug-likeness (QED) is 0.0275. The zero-order valence-corrected chi connectivity index (χ0v) is 34.4. The minimum atomic E-state index is -0.838. The molecule has 0 aromatic rings. The maximum Gasteiger partial charge on any atom is 0.306 e. The molecule has 6 heteroatoms. The highest BCUT2D eigenvalue weighted by Crippen LogP contribution is 2.10. The van der Waals surface area contributed by atoms with E-state index in [0.717, 1.165) is 70.6 Å². The Morgan fingerprint density at radius 1 is 0.389 bits per heavy atom. The summed E-state index contributed by atoms with van der Waals surface area (Å²) in [6.45, 7) is 6.21. The molecule has 0 aliphatic rings. The lowest BCUT2D eigenvalue weighted by Gasteiger charge is -2.18. The molecule has 0 bridgehead atoms. The van der Waals surface area contributed by atoms with Crippen LogP contribution in [0.5, 0.6) is 0 Å². The van der Waals surface area contributed by atoms with Crippen LogP contribution < -0.4 is 0 Å². The van der Waals surface area contributed by atoms with Crippen LogP contribution >= 0.6 is 0 Å². The predicted octanol–water partition coefficient (Wildman–Crippen LogP) is 13.5. The Labute approximate surface area is 330 Å². The van der Waals surface area contributed by atoms with Crippen LogP contribution in [0.3, 0.4) is 0 Å². The number of allylic oxidation sites excluding steroid dienone is 16. The molecule has 0 aromatic carbocycles. The summed E-state index contributed by atoms with van der Waals surface area (Å²) in [6, 6.07) is 0. The van der Waals surface area contributed by atoms with E-state index in [4.69, 9.17) is 14.2 Å². The Balaban J connectivity index is 4.60. The maximum atomic E-state index is 12.7. The summed E-state index contributed by atoms with van der Waals surface area (Å²) in [5.74, 6) is -1.11. The molecule has 1 atom stereocenters. The molecule has 6 nitrogen and oxygen atoms in total. The molecule has 0 radical (unpaired) electrons. The second-order valence-electron chi connectivity index (χ2n) is 13.5. The van der Waals surface area contributed by atoms with E-state index in [0.29, 0.717) is 19.3 Å². The van der Waals surface area contributed by atoms with E-state index < -0.39 is 6.10 Å². The van der Waals surface area contributed by atoms with Gasteiger partial charge in [0, 0.05) is 19.3 Å². The lowest BCUT2D eigenvalue weighted by Crippen LogP contribution is -2.30. The Morgan fingerprint density at radius 3 is 1.30 bits per heavy atom. The van der Waals surface area contributed by atoms with Crippen LogP contribution in [0.25, 0.3) is 0 Å². The molecule has 0 N–H and O–H groups in total. The molecule has 0 aliphatic carbocycles. The van der Waals surface area contributed by atoms with Crippen LogP contribution in [0.15, 0.2) is 97.2 Å². The average molecular weight is 749 g/mol. The number of hydrogen-bond acceptors (Lipinski definition) is 6. The summed E-state index contributed by atoms with van der Waals surface area (Å²) in [5, 5.41) is 0. The van der Waals surface area contributed by atoms with E-state index in [-0.39, 0.29) is 50.4 Å². The zero-order valence-electron chi connectivity index (χ0n) is 34.4. The minimum absolute atomic E-state index is 0.138. The lowest BCUT2D eigenvalue weighted by atomic mass is 10.1. The van der Waals surface area contributed by atoms with Gasteiger partial charge in [-0.2, -0.15) is 0 Å². The highest BCUT2D eigenvalue weighted by molar-refractivity contribution is 5.71. The molecular weight excluding hydrogens is 673 g/mol. The number of esters is 3. The largest absolute Gasteiger partial charge is 0.462 e. The topological polar surface area (TPSA) is 78.9 Å². The molecule has 0 saturated carbocycles. The summed E-state index contributed by atoms with van der Waals surface area (Å²) >= 11 is 0. The second-order valence-corrected chi connectivity index (χ2v) is 13.5. The number of ether oxygens (including phenoxy) is 3. The van der Waals surface area contributed by atoms with Crippen LogP contribution in [0.2, 0.25) is 0 Å². The molecule has 0 spiro atoms. The highest BCUT2D eigenvalue weighted by Gasteiger charge is 2.19. The summed E-state index contributed by atoms with van der Waals surface area (Å²) in [4.78, 5) is 37.5. The summed E-state index contributed by atoms with van der Waals surface area (Å²) in [5.41, 5.74) is 0. The Hall–Kier alpha value is -3.67. The molecule has 0 aromatic heterocycles. The fourth-order valence-electron chi connectivity index (χ4n) is 5.18. The van der Waals surface area contributed by atoms with Crippen molar-refractivity contribution in [2.75, 3.05) is 13.2 Å². The molecule has 0 aliphatic heterocycles. The van der Waals surface area contributed by atoms with Gasteiger partial charge in [0.2, 0.25) is 0 Å². The number of carbonyl (C=O) groups excluding carboxylic acids is 3. The monoisotopic (exact) mass is 749 g/mol. The minimum Gasteiger partial charge on any atom is -0.462 e. The number of hydrogen-bond donors (Lipinski definition) is 0. The fourth-order valence-corrected chi connectivity index (χ4v) is 5.18. The standard InChI is InChI=1S/C48H76O6/c1-4-7-10-13-16-19-22-24-27-29-32-35-38-41-47(50)53-44-45(43-52-46(49)40-37-34-31-28-25-21-18-15-12-9-6-3)54-48(51)42-39-36-33-30-26-23-20-17-14-11-8-5-2/h8-9,11-12,17-18,20-21,24,26-28,30-32,35,45H,4-7,10,13-16,19,22-23,25,29,33-34,36-44H2,1-3H3/b11-8-,12-9-,20-17-,21-18-,27-24-,30-26-,31-28-,35-32-. The number of rotatable bonds is 36. The first-order valence-corrected chi connectivity index (χ1v) is 21.2. The van der Waals surface area contributed by atoms with Gasteiger partial charge in [0.05, 0.1) is 0 Å². The second kappa shape index (κ2) is 42.1.